The second kappa shape index (κ2) is 9.36. The number of nitrogens with one attached hydrogen (secondary N) is 1. The van der Waals surface area contributed by atoms with Gasteiger partial charge in [0.1, 0.15) is 0 Å². The van der Waals surface area contributed by atoms with Crippen LogP contribution in [0.4, 0.5) is 4.39 Å². The smallest absolute Gasteiger partial charge is 0.193 e. The molecule has 0 aliphatic heterocycles. The second-order valence-corrected chi connectivity index (χ2v) is 6.99. The Morgan fingerprint density at radius 3 is 2.84 bits per heavy atom. The molecule has 5 nitrogen and oxygen atoms in total. The largest absolute Gasteiger partial charge is 0.494 e. The SMILES string of the molecule is CCNC(=NCCc1ncc(C)s1)N(C)Cc1ccc(OC)c(F)c1. The van der Waals surface area contributed by atoms with Crippen molar-refractivity contribution in [2.24, 2.45) is 4.99 Å². The number of methoxy groups -OCH3 is 1. The summed E-state index contributed by atoms with van der Waals surface area (Å²) in [6, 6.07) is 5.00. The summed E-state index contributed by atoms with van der Waals surface area (Å²) in [4.78, 5) is 12.2. The summed E-state index contributed by atoms with van der Waals surface area (Å²) < 4.78 is 18.8. The van der Waals surface area contributed by atoms with E-state index in [0.29, 0.717) is 13.1 Å². The highest BCUT2D eigenvalue weighted by molar-refractivity contribution is 7.11. The standard InChI is InChI=1S/C18H25FN4OS/c1-5-20-18(21-9-8-17-22-11-13(2)25-17)23(3)12-14-6-7-16(24-4)15(19)10-14/h6-7,10-11H,5,8-9,12H2,1-4H3,(H,20,21). The van der Waals surface area contributed by atoms with Gasteiger partial charge < -0.3 is 15.0 Å². The minimum atomic E-state index is -0.352. The maximum atomic E-state index is 13.8. The first kappa shape index (κ1) is 19.2. The van der Waals surface area contributed by atoms with Gasteiger partial charge in [-0.25, -0.2) is 9.37 Å². The molecule has 2 aromatic rings. The predicted molar refractivity (Wildman–Crippen MR) is 101 cm³/mol. The minimum absolute atomic E-state index is 0.255. The van der Waals surface area contributed by atoms with E-state index in [0.717, 1.165) is 29.5 Å². The van der Waals surface area contributed by atoms with Crippen LogP contribution in [0.5, 0.6) is 5.75 Å². The first-order chi connectivity index (χ1) is 12.0. The van der Waals surface area contributed by atoms with Crippen molar-refractivity contribution in [3.63, 3.8) is 0 Å². The van der Waals surface area contributed by atoms with Crippen LogP contribution < -0.4 is 10.1 Å². The van der Waals surface area contributed by atoms with Crippen molar-refractivity contribution in [3.05, 3.63) is 45.7 Å². The molecule has 1 heterocycles. The van der Waals surface area contributed by atoms with Crippen LogP contribution >= 0.6 is 11.3 Å². The normalized spacial score (nSPS) is 11.5. The average molecular weight is 364 g/mol. The molecule has 0 fully saturated rings. The molecule has 0 spiro atoms. The van der Waals surface area contributed by atoms with Crippen LogP contribution in [0.1, 0.15) is 22.4 Å². The third-order valence-corrected chi connectivity index (χ3v) is 4.56. The highest BCUT2D eigenvalue weighted by Gasteiger charge is 2.09. The maximum absolute atomic E-state index is 13.8. The summed E-state index contributed by atoms with van der Waals surface area (Å²) in [7, 11) is 3.40. The molecule has 0 atom stereocenters. The Morgan fingerprint density at radius 2 is 2.24 bits per heavy atom. The van der Waals surface area contributed by atoms with Crippen LogP contribution in [-0.2, 0) is 13.0 Å². The molecule has 1 aromatic heterocycles. The van der Waals surface area contributed by atoms with Crippen molar-refractivity contribution >= 4 is 17.3 Å². The van der Waals surface area contributed by atoms with Crippen LogP contribution in [0, 0.1) is 12.7 Å². The molecule has 1 N–H and O–H groups in total. The molecule has 0 unspecified atom stereocenters. The van der Waals surface area contributed by atoms with Gasteiger partial charge in [-0.3, -0.25) is 4.99 Å². The lowest BCUT2D eigenvalue weighted by Crippen LogP contribution is -2.38. The first-order valence-corrected chi connectivity index (χ1v) is 9.08. The number of ether oxygens (including phenoxy) is 1. The molecule has 0 amide bonds. The molecule has 0 saturated carbocycles. The van der Waals surface area contributed by atoms with Crippen LogP contribution in [0.25, 0.3) is 0 Å². The number of hydrogen-bond acceptors (Lipinski definition) is 4. The van der Waals surface area contributed by atoms with Crippen LogP contribution in [0.15, 0.2) is 29.4 Å². The lowest BCUT2D eigenvalue weighted by molar-refractivity contribution is 0.385. The molecule has 25 heavy (non-hydrogen) atoms. The molecule has 0 radical (unpaired) electrons. The van der Waals surface area contributed by atoms with Gasteiger partial charge in [-0.05, 0) is 31.5 Å². The van der Waals surface area contributed by atoms with Gasteiger partial charge in [0.2, 0.25) is 0 Å². The van der Waals surface area contributed by atoms with Gasteiger partial charge in [0.25, 0.3) is 0 Å². The fraction of sp³-hybridized carbons (Fsp3) is 0.444. The number of guanidine groups is 1. The van der Waals surface area contributed by atoms with E-state index in [1.54, 1.807) is 17.4 Å². The molecule has 7 heteroatoms. The highest BCUT2D eigenvalue weighted by atomic mass is 32.1. The Labute approximate surface area is 152 Å². The van der Waals surface area contributed by atoms with Gasteiger partial charge in [0, 0.05) is 44.2 Å². The summed E-state index contributed by atoms with van der Waals surface area (Å²) >= 11 is 1.70. The number of nitrogens with zero attached hydrogens (tertiary/aromatic N) is 3. The van der Waals surface area contributed by atoms with Crippen LogP contribution in [0.3, 0.4) is 0 Å². The molecule has 0 aliphatic carbocycles. The zero-order valence-electron chi connectivity index (χ0n) is 15.2. The number of halogens is 1. The number of aromatic nitrogens is 1. The molecule has 1 aromatic carbocycles. The monoisotopic (exact) mass is 364 g/mol. The van der Waals surface area contributed by atoms with Crippen molar-refractivity contribution in [3.8, 4) is 5.75 Å². The van der Waals surface area contributed by atoms with Crippen molar-refractivity contribution in [2.75, 3.05) is 27.2 Å². The fourth-order valence-electron chi connectivity index (χ4n) is 2.40. The highest BCUT2D eigenvalue weighted by Crippen LogP contribution is 2.18. The zero-order valence-corrected chi connectivity index (χ0v) is 16.0. The van der Waals surface area contributed by atoms with E-state index in [-0.39, 0.29) is 11.6 Å². The molecule has 0 aliphatic rings. The first-order valence-electron chi connectivity index (χ1n) is 8.26. The summed E-state index contributed by atoms with van der Waals surface area (Å²) in [6.07, 6.45) is 2.71. The summed E-state index contributed by atoms with van der Waals surface area (Å²) in [5, 5.41) is 4.37. The van der Waals surface area contributed by atoms with Gasteiger partial charge in [-0.2, -0.15) is 0 Å². The number of benzene rings is 1. The Kier molecular flexibility index (Phi) is 7.18. The van der Waals surface area contributed by atoms with Gasteiger partial charge in [-0.1, -0.05) is 6.07 Å². The van der Waals surface area contributed by atoms with E-state index in [4.69, 9.17) is 4.74 Å². The van der Waals surface area contributed by atoms with Crippen molar-refractivity contribution < 1.29 is 9.13 Å². The average Bonchev–Trinajstić information content (AvgIpc) is 2.99. The van der Waals surface area contributed by atoms with E-state index >= 15 is 0 Å². The van der Waals surface area contributed by atoms with Crippen molar-refractivity contribution in [1.29, 1.82) is 0 Å². The van der Waals surface area contributed by atoms with E-state index < -0.39 is 0 Å². The number of thiazole rings is 1. The quantitative estimate of drug-likeness (QED) is 0.605. The topological polar surface area (TPSA) is 49.8 Å². The number of aliphatic imine (C=N–C) groups is 1. The van der Waals surface area contributed by atoms with Crippen LogP contribution in [-0.4, -0.2) is 43.1 Å². The van der Waals surface area contributed by atoms with Crippen molar-refractivity contribution in [1.82, 2.24) is 15.2 Å². The molecular formula is C18H25FN4OS. The molecule has 0 bridgehead atoms. The summed E-state index contributed by atoms with van der Waals surface area (Å²) in [6.45, 7) is 6.08. The van der Waals surface area contributed by atoms with Gasteiger partial charge in [0.15, 0.2) is 17.5 Å². The molecular weight excluding hydrogens is 339 g/mol. The van der Waals surface area contributed by atoms with E-state index in [1.807, 2.05) is 31.1 Å². The van der Waals surface area contributed by atoms with E-state index in [9.17, 15) is 4.39 Å². The summed E-state index contributed by atoms with van der Waals surface area (Å²) in [5.74, 6) is 0.701. The second-order valence-electron chi connectivity index (χ2n) is 5.68. The van der Waals surface area contributed by atoms with Gasteiger partial charge in [-0.15, -0.1) is 11.3 Å². The Morgan fingerprint density at radius 1 is 1.44 bits per heavy atom. The predicted octanol–water partition coefficient (Wildman–Crippen LogP) is 3.24. The third kappa shape index (κ3) is 5.70. The number of hydrogen-bond donors (Lipinski definition) is 1. The lowest BCUT2D eigenvalue weighted by atomic mass is 10.2. The Hall–Kier alpha value is -2.15. The van der Waals surface area contributed by atoms with Crippen LogP contribution in [0.2, 0.25) is 0 Å². The lowest BCUT2D eigenvalue weighted by Gasteiger charge is -2.22. The number of rotatable bonds is 7. The van der Waals surface area contributed by atoms with E-state index in [1.165, 1.54) is 18.1 Å². The molecule has 136 valence electrons. The maximum Gasteiger partial charge on any atom is 0.193 e. The fourth-order valence-corrected chi connectivity index (χ4v) is 3.18. The third-order valence-electron chi connectivity index (χ3n) is 3.59. The zero-order chi connectivity index (χ0) is 18.2. The molecule has 0 saturated heterocycles. The number of aryl methyl sites for hydroxylation is 1. The van der Waals surface area contributed by atoms with Gasteiger partial charge in [0.05, 0.1) is 12.1 Å². The van der Waals surface area contributed by atoms with E-state index in [2.05, 4.69) is 22.2 Å². The Balaban J connectivity index is 1.99. The van der Waals surface area contributed by atoms with Crippen molar-refractivity contribution in [2.45, 2.75) is 26.8 Å². The molecule has 2 rings (SSSR count). The Bertz CT molecular complexity index is 717. The summed E-state index contributed by atoms with van der Waals surface area (Å²) in [5.41, 5.74) is 0.863. The van der Waals surface area contributed by atoms with Gasteiger partial charge >= 0.3 is 0 Å². The minimum Gasteiger partial charge on any atom is -0.494 e.